The van der Waals surface area contributed by atoms with Gasteiger partial charge in [0.1, 0.15) is 11.7 Å². The Morgan fingerprint density at radius 3 is 1.40 bits per heavy atom. The van der Waals surface area contributed by atoms with Gasteiger partial charge in [0.2, 0.25) is 0 Å². The summed E-state index contributed by atoms with van der Waals surface area (Å²) in [5, 5.41) is 8.90. The van der Waals surface area contributed by atoms with Crippen LogP contribution >= 0.6 is 12.6 Å². The van der Waals surface area contributed by atoms with E-state index in [4.69, 9.17) is 5.11 Å². The van der Waals surface area contributed by atoms with Gasteiger partial charge in [-0.3, -0.25) is 9.59 Å². The van der Waals surface area contributed by atoms with Crippen molar-refractivity contribution in [3.05, 3.63) is 0 Å². The van der Waals surface area contributed by atoms with Crippen LogP contribution in [0.3, 0.4) is 0 Å². The molecule has 0 aromatic heterocycles. The number of Topliss-reactive ketones (excluding diaryl/α,β-unsaturated/α-hetero) is 1. The summed E-state index contributed by atoms with van der Waals surface area (Å²) in [4.78, 5) is 22.6. The molecule has 0 aromatic rings. The van der Waals surface area contributed by atoms with Crippen molar-refractivity contribution in [1.29, 1.82) is 0 Å². The Hall–Kier alpha value is -0.510. The minimum atomic E-state index is -1.04. The topological polar surface area (TPSA) is 54.4 Å². The highest BCUT2D eigenvalue weighted by Crippen LogP contribution is 2.14. The fourth-order valence-electron chi connectivity index (χ4n) is 3.16. The second-order valence-corrected chi connectivity index (χ2v) is 7.60. The number of carbonyl (C=O) groups excluding carboxylic acids is 1. The molecule has 0 saturated heterocycles. The van der Waals surface area contributed by atoms with E-state index in [1.54, 1.807) is 0 Å². The maximum absolute atomic E-state index is 11.7. The molecule has 0 spiro atoms. The van der Waals surface area contributed by atoms with Gasteiger partial charge in [-0.05, 0) is 6.42 Å². The van der Waals surface area contributed by atoms with Crippen LogP contribution in [0.4, 0.5) is 0 Å². The summed E-state index contributed by atoms with van der Waals surface area (Å²) >= 11 is 3.94. The van der Waals surface area contributed by atoms with Crippen LogP contribution in [0.1, 0.15) is 110 Å². The number of unbranched alkanes of at least 4 members (excludes halogenated alkanes) is 14. The third-order valence-electron chi connectivity index (χ3n) is 4.90. The van der Waals surface area contributed by atoms with Gasteiger partial charge in [0.05, 0.1) is 0 Å². The van der Waals surface area contributed by atoms with Crippen molar-refractivity contribution in [3.8, 4) is 0 Å². The van der Waals surface area contributed by atoms with E-state index in [1.807, 2.05) is 0 Å². The highest BCUT2D eigenvalue weighted by Gasteiger charge is 2.23. The molecule has 1 N–H and O–H groups in total. The molecule has 0 amide bonds. The minimum absolute atomic E-state index is 0.104. The third-order valence-corrected chi connectivity index (χ3v) is 5.26. The number of hydrogen-bond acceptors (Lipinski definition) is 3. The van der Waals surface area contributed by atoms with E-state index in [1.165, 1.54) is 77.0 Å². The molecule has 0 bridgehead atoms. The van der Waals surface area contributed by atoms with E-state index in [0.717, 1.165) is 19.3 Å². The fourth-order valence-corrected chi connectivity index (χ4v) is 3.52. The fraction of sp³-hybridized carbons (Fsp3) is 0.905. The molecular formula is C21H40O3S. The zero-order valence-electron chi connectivity index (χ0n) is 16.3. The van der Waals surface area contributed by atoms with Crippen LogP contribution in [0.5, 0.6) is 0 Å². The van der Waals surface area contributed by atoms with Gasteiger partial charge in [0.25, 0.3) is 0 Å². The standard InChI is InChI=1S/C21H40O3S/c1-2-3-4-5-6-7-8-9-10-11-12-13-14-15-16-17-20(22)19(18-25)21(23)24/h19,25H,2-18H2,1H3,(H,23,24). The summed E-state index contributed by atoms with van der Waals surface area (Å²) in [5.74, 6) is -2.03. The summed E-state index contributed by atoms with van der Waals surface area (Å²) < 4.78 is 0. The number of carbonyl (C=O) groups is 2. The number of carboxylic acid groups (broad SMARTS) is 1. The first-order valence-corrected chi connectivity index (χ1v) is 11.1. The van der Waals surface area contributed by atoms with Crippen LogP contribution in [0.25, 0.3) is 0 Å². The van der Waals surface area contributed by atoms with Crippen molar-refractivity contribution in [2.24, 2.45) is 5.92 Å². The first-order chi connectivity index (χ1) is 12.1. The quantitative estimate of drug-likeness (QED) is 0.156. The number of carboxylic acids is 1. The Morgan fingerprint density at radius 1 is 0.720 bits per heavy atom. The second-order valence-electron chi connectivity index (χ2n) is 7.24. The molecule has 0 aliphatic carbocycles. The molecule has 0 fully saturated rings. The number of rotatable bonds is 19. The number of ketones is 1. The van der Waals surface area contributed by atoms with Crippen LogP contribution < -0.4 is 0 Å². The Labute approximate surface area is 160 Å². The van der Waals surface area contributed by atoms with Crippen molar-refractivity contribution < 1.29 is 14.7 Å². The Kier molecular flexibility index (Phi) is 17.9. The van der Waals surface area contributed by atoms with E-state index in [0.29, 0.717) is 6.42 Å². The molecule has 0 aromatic carbocycles. The zero-order chi connectivity index (χ0) is 18.8. The van der Waals surface area contributed by atoms with Gasteiger partial charge >= 0.3 is 5.97 Å². The predicted molar refractivity (Wildman–Crippen MR) is 110 cm³/mol. The van der Waals surface area contributed by atoms with E-state index in [2.05, 4.69) is 19.6 Å². The van der Waals surface area contributed by atoms with Gasteiger partial charge < -0.3 is 5.11 Å². The Balaban J connectivity index is 3.26. The molecule has 25 heavy (non-hydrogen) atoms. The van der Waals surface area contributed by atoms with Crippen molar-refractivity contribution in [2.45, 2.75) is 110 Å². The van der Waals surface area contributed by atoms with Crippen molar-refractivity contribution in [1.82, 2.24) is 0 Å². The van der Waals surface area contributed by atoms with Gasteiger partial charge in [0.15, 0.2) is 0 Å². The largest absolute Gasteiger partial charge is 0.481 e. The molecule has 1 atom stereocenters. The monoisotopic (exact) mass is 372 g/mol. The van der Waals surface area contributed by atoms with Crippen LogP contribution in [0, 0.1) is 5.92 Å². The molecule has 3 nitrogen and oxygen atoms in total. The summed E-state index contributed by atoms with van der Waals surface area (Å²) in [5.41, 5.74) is 0. The maximum Gasteiger partial charge on any atom is 0.314 e. The molecule has 0 heterocycles. The summed E-state index contributed by atoms with van der Waals surface area (Å²) in [6, 6.07) is 0. The number of thiol groups is 1. The lowest BCUT2D eigenvalue weighted by atomic mass is 9.99. The Bertz CT molecular complexity index is 331. The first-order valence-electron chi connectivity index (χ1n) is 10.5. The summed E-state index contributed by atoms with van der Waals surface area (Å²) in [7, 11) is 0. The van der Waals surface area contributed by atoms with Crippen molar-refractivity contribution >= 4 is 24.4 Å². The lowest BCUT2D eigenvalue weighted by Crippen LogP contribution is -2.25. The van der Waals surface area contributed by atoms with Crippen LogP contribution in [-0.4, -0.2) is 22.6 Å². The zero-order valence-corrected chi connectivity index (χ0v) is 17.2. The van der Waals surface area contributed by atoms with Gasteiger partial charge in [-0.2, -0.15) is 12.6 Å². The SMILES string of the molecule is CCCCCCCCCCCCCCCCCC(=O)C(CS)C(=O)O. The molecule has 4 heteroatoms. The average molecular weight is 373 g/mol. The molecule has 148 valence electrons. The molecule has 0 aliphatic heterocycles. The molecule has 1 unspecified atom stereocenters. The highest BCUT2D eigenvalue weighted by atomic mass is 32.1. The third kappa shape index (κ3) is 15.5. The molecule has 0 rings (SSSR count). The summed E-state index contributed by atoms with van der Waals surface area (Å²) in [6.45, 7) is 2.26. The Morgan fingerprint density at radius 2 is 1.08 bits per heavy atom. The number of aliphatic carboxylic acids is 1. The normalized spacial score (nSPS) is 12.2. The van der Waals surface area contributed by atoms with E-state index < -0.39 is 11.9 Å². The van der Waals surface area contributed by atoms with Gasteiger partial charge in [0, 0.05) is 12.2 Å². The highest BCUT2D eigenvalue weighted by molar-refractivity contribution is 7.80. The van der Waals surface area contributed by atoms with Crippen LogP contribution in [0.2, 0.25) is 0 Å². The molecule has 0 saturated carbocycles. The van der Waals surface area contributed by atoms with Gasteiger partial charge in [-0.25, -0.2) is 0 Å². The average Bonchev–Trinajstić information content (AvgIpc) is 2.58. The lowest BCUT2D eigenvalue weighted by molar-refractivity contribution is -0.145. The van der Waals surface area contributed by atoms with Crippen molar-refractivity contribution in [2.75, 3.05) is 5.75 Å². The maximum atomic E-state index is 11.7. The molecule has 0 radical (unpaired) electrons. The smallest absolute Gasteiger partial charge is 0.314 e. The lowest BCUT2D eigenvalue weighted by Gasteiger charge is -2.07. The minimum Gasteiger partial charge on any atom is -0.481 e. The van der Waals surface area contributed by atoms with E-state index in [-0.39, 0.29) is 11.5 Å². The van der Waals surface area contributed by atoms with Crippen LogP contribution in [0.15, 0.2) is 0 Å². The van der Waals surface area contributed by atoms with Crippen molar-refractivity contribution in [3.63, 3.8) is 0 Å². The summed E-state index contributed by atoms with van der Waals surface area (Å²) in [6.07, 6.45) is 19.7. The predicted octanol–water partition coefficient (Wildman–Crippen LogP) is 6.45. The molecular weight excluding hydrogens is 332 g/mol. The van der Waals surface area contributed by atoms with E-state index in [9.17, 15) is 9.59 Å². The molecule has 0 aliphatic rings. The first kappa shape index (κ1) is 24.5. The van der Waals surface area contributed by atoms with Gasteiger partial charge in [-0.15, -0.1) is 0 Å². The van der Waals surface area contributed by atoms with E-state index >= 15 is 0 Å². The van der Waals surface area contributed by atoms with Crippen LogP contribution in [-0.2, 0) is 9.59 Å². The van der Waals surface area contributed by atoms with Gasteiger partial charge in [-0.1, -0.05) is 96.8 Å². The second kappa shape index (κ2) is 18.3. The number of hydrogen-bond donors (Lipinski definition) is 2.